The second-order valence-electron chi connectivity index (χ2n) is 5.89. The summed E-state index contributed by atoms with van der Waals surface area (Å²) in [6, 6.07) is 2.80. The molecule has 2 atom stereocenters. The summed E-state index contributed by atoms with van der Waals surface area (Å²) >= 11 is 0. The second kappa shape index (κ2) is 6.06. The van der Waals surface area contributed by atoms with Gasteiger partial charge in [0.05, 0.1) is 0 Å². The van der Waals surface area contributed by atoms with Gasteiger partial charge in [-0.2, -0.15) is 0 Å². The molecule has 112 valence electrons. The molecule has 2 N–H and O–H groups in total. The molecule has 1 saturated heterocycles. The van der Waals surface area contributed by atoms with Crippen LogP contribution in [-0.2, 0) is 6.42 Å². The fraction of sp³-hybridized carbons (Fsp3) is 0.600. The highest BCUT2D eigenvalue weighted by Crippen LogP contribution is 2.28. The van der Waals surface area contributed by atoms with Crippen LogP contribution in [0.3, 0.4) is 0 Å². The molecule has 20 heavy (non-hydrogen) atoms. The fourth-order valence-electron chi connectivity index (χ4n) is 2.85. The highest BCUT2D eigenvalue weighted by molar-refractivity contribution is 5.52. The summed E-state index contributed by atoms with van der Waals surface area (Å²) in [6.07, 6.45) is 0.479. The second-order valence-corrected chi connectivity index (χ2v) is 5.89. The summed E-state index contributed by atoms with van der Waals surface area (Å²) in [5.41, 5.74) is 6.39. The van der Waals surface area contributed by atoms with Crippen LogP contribution < -0.4 is 10.6 Å². The standard InChI is InChI=1S/C15H23F2N3/c1-10(18)6-12-7-13(16)15(14(17)8-12)20-5-4-19(3)9-11(20)2/h7-8,10-11H,4-6,9,18H2,1-3H3. The van der Waals surface area contributed by atoms with Gasteiger partial charge in [-0.25, -0.2) is 8.78 Å². The van der Waals surface area contributed by atoms with Crippen LogP contribution in [0, 0.1) is 11.6 Å². The molecule has 1 aliphatic heterocycles. The Morgan fingerprint density at radius 3 is 2.40 bits per heavy atom. The molecular formula is C15H23F2N3. The minimum atomic E-state index is -0.489. The predicted octanol–water partition coefficient (Wildman–Crippen LogP) is 1.99. The number of hydrogen-bond donors (Lipinski definition) is 1. The summed E-state index contributed by atoms with van der Waals surface area (Å²) in [4.78, 5) is 3.99. The van der Waals surface area contributed by atoms with Crippen LogP contribution in [0.4, 0.5) is 14.5 Å². The van der Waals surface area contributed by atoms with Crippen molar-refractivity contribution in [1.29, 1.82) is 0 Å². The van der Waals surface area contributed by atoms with E-state index in [0.29, 0.717) is 18.5 Å². The molecule has 0 amide bonds. The molecule has 2 rings (SSSR count). The third-order valence-electron chi connectivity index (χ3n) is 3.75. The maximum atomic E-state index is 14.3. The van der Waals surface area contributed by atoms with Crippen LogP contribution in [0.5, 0.6) is 0 Å². The van der Waals surface area contributed by atoms with Crippen LogP contribution in [0.2, 0.25) is 0 Å². The molecule has 1 heterocycles. The quantitative estimate of drug-likeness (QED) is 0.921. The summed E-state index contributed by atoms with van der Waals surface area (Å²) < 4.78 is 28.6. The summed E-state index contributed by atoms with van der Waals surface area (Å²) in [5, 5.41) is 0. The molecule has 0 radical (unpaired) electrons. The van der Waals surface area contributed by atoms with Gasteiger partial charge in [0.1, 0.15) is 17.3 Å². The first-order chi connectivity index (χ1) is 9.38. The third-order valence-corrected chi connectivity index (χ3v) is 3.75. The molecule has 0 spiro atoms. The van der Waals surface area contributed by atoms with E-state index < -0.39 is 11.6 Å². The Kier molecular flexibility index (Phi) is 4.60. The van der Waals surface area contributed by atoms with Crippen LogP contribution in [0.25, 0.3) is 0 Å². The molecule has 1 fully saturated rings. The molecular weight excluding hydrogens is 260 g/mol. The van der Waals surface area contributed by atoms with E-state index in [1.807, 2.05) is 25.8 Å². The maximum absolute atomic E-state index is 14.3. The van der Waals surface area contributed by atoms with E-state index in [0.717, 1.165) is 13.1 Å². The molecule has 0 aromatic heterocycles. The van der Waals surface area contributed by atoms with Crippen molar-refractivity contribution in [1.82, 2.24) is 4.90 Å². The van der Waals surface area contributed by atoms with E-state index in [1.54, 1.807) is 0 Å². The van der Waals surface area contributed by atoms with Gasteiger partial charge in [-0.05, 0) is 45.0 Å². The molecule has 1 aromatic rings. The minimum Gasteiger partial charge on any atom is -0.362 e. The lowest BCUT2D eigenvalue weighted by molar-refractivity contribution is 0.273. The summed E-state index contributed by atoms with van der Waals surface area (Å²) in [7, 11) is 2.02. The molecule has 2 unspecified atom stereocenters. The number of hydrogen-bond acceptors (Lipinski definition) is 3. The van der Waals surface area contributed by atoms with Crippen molar-refractivity contribution < 1.29 is 8.78 Å². The Hall–Kier alpha value is -1.20. The highest BCUT2D eigenvalue weighted by atomic mass is 19.1. The third kappa shape index (κ3) is 3.27. The van der Waals surface area contributed by atoms with Gasteiger partial charge in [0.2, 0.25) is 0 Å². The Balaban J connectivity index is 2.28. The first-order valence-electron chi connectivity index (χ1n) is 7.07. The number of benzene rings is 1. The van der Waals surface area contributed by atoms with Crippen molar-refractivity contribution in [2.75, 3.05) is 31.6 Å². The van der Waals surface area contributed by atoms with Gasteiger partial charge < -0.3 is 15.5 Å². The molecule has 0 saturated carbocycles. The normalized spacial score (nSPS) is 22.1. The molecule has 0 aliphatic carbocycles. The van der Waals surface area contributed by atoms with Crippen molar-refractivity contribution >= 4 is 5.69 Å². The Morgan fingerprint density at radius 1 is 1.30 bits per heavy atom. The maximum Gasteiger partial charge on any atom is 0.149 e. The summed E-state index contributed by atoms with van der Waals surface area (Å²) in [6.45, 7) is 6.07. The zero-order chi connectivity index (χ0) is 14.9. The Bertz CT molecular complexity index is 453. The van der Waals surface area contributed by atoms with Crippen molar-refractivity contribution in [2.45, 2.75) is 32.4 Å². The van der Waals surface area contributed by atoms with Crippen LogP contribution in [0.1, 0.15) is 19.4 Å². The van der Waals surface area contributed by atoms with Crippen molar-refractivity contribution in [3.63, 3.8) is 0 Å². The Labute approximate surface area is 119 Å². The number of nitrogens with zero attached hydrogens (tertiary/aromatic N) is 2. The molecule has 5 heteroatoms. The number of anilines is 1. The van der Waals surface area contributed by atoms with Gasteiger partial charge >= 0.3 is 0 Å². The largest absolute Gasteiger partial charge is 0.362 e. The van der Waals surface area contributed by atoms with Gasteiger partial charge in [-0.15, -0.1) is 0 Å². The first kappa shape index (κ1) is 15.2. The lowest BCUT2D eigenvalue weighted by Gasteiger charge is -2.40. The van der Waals surface area contributed by atoms with Crippen LogP contribution >= 0.6 is 0 Å². The van der Waals surface area contributed by atoms with Crippen molar-refractivity contribution in [3.05, 3.63) is 29.3 Å². The summed E-state index contributed by atoms with van der Waals surface area (Å²) in [5.74, 6) is -0.978. The molecule has 1 aliphatic rings. The monoisotopic (exact) mass is 283 g/mol. The number of piperazine rings is 1. The van der Waals surface area contributed by atoms with Gasteiger partial charge in [-0.3, -0.25) is 0 Å². The van der Waals surface area contributed by atoms with E-state index in [4.69, 9.17) is 5.73 Å². The number of likely N-dealkylation sites (N-methyl/N-ethyl adjacent to an activating group) is 1. The van der Waals surface area contributed by atoms with E-state index in [9.17, 15) is 8.78 Å². The number of nitrogens with two attached hydrogens (primary N) is 1. The van der Waals surface area contributed by atoms with Gasteiger partial charge in [0.25, 0.3) is 0 Å². The van der Waals surface area contributed by atoms with Gasteiger partial charge in [-0.1, -0.05) is 0 Å². The minimum absolute atomic E-state index is 0.0945. The van der Waals surface area contributed by atoms with E-state index in [1.165, 1.54) is 12.1 Å². The average Bonchev–Trinajstić information content (AvgIpc) is 2.30. The predicted molar refractivity (Wildman–Crippen MR) is 78.0 cm³/mol. The topological polar surface area (TPSA) is 32.5 Å². The fourth-order valence-corrected chi connectivity index (χ4v) is 2.85. The van der Waals surface area contributed by atoms with E-state index >= 15 is 0 Å². The number of rotatable bonds is 3. The smallest absolute Gasteiger partial charge is 0.149 e. The van der Waals surface area contributed by atoms with E-state index in [-0.39, 0.29) is 17.8 Å². The lowest BCUT2D eigenvalue weighted by Crippen LogP contribution is -2.51. The molecule has 3 nitrogen and oxygen atoms in total. The van der Waals surface area contributed by atoms with Crippen LogP contribution in [-0.4, -0.2) is 43.7 Å². The average molecular weight is 283 g/mol. The van der Waals surface area contributed by atoms with Crippen molar-refractivity contribution in [2.24, 2.45) is 5.73 Å². The SMILES string of the molecule is CC(N)Cc1cc(F)c(N2CCN(C)CC2C)c(F)c1. The molecule has 0 bridgehead atoms. The highest BCUT2D eigenvalue weighted by Gasteiger charge is 2.26. The molecule has 1 aromatic carbocycles. The lowest BCUT2D eigenvalue weighted by atomic mass is 10.0. The van der Waals surface area contributed by atoms with Gasteiger partial charge in [0, 0.05) is 31.7 Å². The Morgan fingerprint density at radius 2 is 1.90 bits per heavy atom. The van der Waals surface area contributed by atoms with Crippen LogP contribution in [0.15, 0.2) is 12.1 Å². The van der Waals surface area contributed by atoms with Gasteiger partial charge in [0.15, 0.2) is 0 Å². The zero-order valence-electron chi connectivity index (χ0n) is 12.4. The number of halogens is 2. The first-order valence-corrected chi connectivity index (χ1v) is 7.07. The van der Waals surface area contributed by atoms with E-state index in [2.05, 4.69) is 4.90 Å². The van der Waals surface area contributed by atoms with Crippen molar-refractivity contribution in [3.8, 4) is 0 Å². The zero-order valence-corrected chi connectivity index (χ0v) is 12.4.